The van der Waals surface area contributed by atoms with Crippen molar-refractivity contribution in [3.8, 4) is 9.27 Å². The molecule has 0 aliphatic rings. The monoisotopic (exact) mass is 409 g/mol. The van der Waals surface area contributed by atoms with Gasteiger partial charge in [0.1, 0.15) is 0 Å². The predicted molar refractivity (Wildman–Crippen MR) is 62.9 cm³/mol. The summed E-state index contributed by atoms with van der Waals surface area (Å²) >= 11 is -0.204. The zero-order valence-corrected chi connectivity index (χ0v) is 13.2. The molecule has 0 spiro atoms. The van der Waals surface area contributed by atoms with Crippen LogP contribution in [0.15, 0.2) is 54.6 Å². The number of fused-ring (bicyclic) bond motifs is 1. The van der Waals surface area contributed by atoms with Crippen LogP contribution < -0.4 is 23.6 Å². The second kappa shape index (κ2) is 6.66. The van der Waals surface area contributed by atoms with Crippen LogP contribution in [-0.4, -0.2) is 20.4 Å². The zero-order valence-electron chi connectivity index (χ0n) is 10.1. The molecule has 1 heterocycles. The van der Waals surface area contributed by atoms with Gasteiger partial charge in [-0.1, -0.05) is 0 Å². The van der Waals surface area contributed by atoms with Crippen molar-refractivity contribution in [2.75, 3.05) is 0 Å². The maximum atomic E-state index is 8.49. The van der Waals surface area contributed by atoms with Gasteiger partial charge in [-0.15, -0.1) is 10.2 Å². The number of nitrogens with one attached hydrogen (secondary N) is 1. The molecule has 0 saturated carbocycles. The Kier molecular flexibility index (Phi) is 5.13. The summed E-state index contributed by atoms with van der Waals surface area (Å²) in [6.45, 7) is 0. The van der Waals surface area contributed by atoms with Crippen LogP contribution in [0.4, 0.5) is 0 Å². The number of aromatic nitrogens is 1. The number of para-hydroxylation sites is 1. The second-order valence-corrected chi connectivity index (χ2v) is 7.56. The van der Waals surface area contributed by atoms with Gasteiger partial charge in [-0.2, -0.15) is 0 Å². The molecule has 1 N–H and O–H groups in total. The van der Waals surface area contributed by atoms with E-state index in [4.69, 9.17) is 18.6 Å². The zero-order chi connectivity index (χ0) is 14.6. The number of aromatic amines is 1. The fourth-order valence-electron chi connectivity index (χ4n) is 1.64. The van der Waals surface area contributed by atoms with E-state index in [2.05, 4.69) is 59.6 Å². The Hall–Kier alpha value is -0.970. The molecule has 0 aliphatic carbocycles. The van der Waals surface area contributed by atoms with E-state index in [1.165, 1.54) is 18.2 Å². The Morgan fingerprint density at radius 2 is 1.35 bits per heavy atom. The first-order valence-corrected chi connectivity index (χ1v) is 9.08. The summed E-state index contributed by atoms with van der Waals surface area (Å²) in [6, 6.07) is 19.2. The van der Waals surface area contributed by atoms with Crippen molar-refractivity contribution in [2.24, 2.45) is 0 Å². The summed E-state index contributed by atoms with van der Waals surface area (Å²) in [5, 5.41) is 0. The Morgan fingerprint density at radius 1 is 0.800 bits per heavy atom. The number of H-pyrrole nitrogens is 1. The Labute approximate surface area is 127 Å². The average Bonchev–Trinajstić information content (AvgIpc) is 2.81. The van der Waals surface area contributed by atoms with Crippen LogP contribution >= 0.6 is 0 Å². The number of hydrogen-bond acceptors (Lipinski definition) is 4. The molecule has 0 bridgehead atoms. The van der Waals surface area contributed by atoms with Crippen LogP contribution in [-0.2, 0) is 0 Å². The standard InChI is InChI=1S/C13H9NTe.ClHO4/c1-2-6-10(7-3-1)13-14-11-8-4-5-9-12(11)15-13;2-1(3,4)5/h1-9H;(H,2,3,4,5). The van der Waals surface area contributed by atoms with Crippen LogP contribution in [0.1, 0.15) is 0 Å². The minimum absolute atomic E-state index is 0.204. The molecule has 0 amide bonds. The number of halogens is 1. The molecule has 0 atom stereocenters. The molecule has 3 rings (SSSR count). The van der Waals surface area contributed by atoms with Gasteiger partial charge in [0.25, 0.3) is 0 Å². The summed E-state index contributed by atoms with van der Waals surface area (Å²) in [5.41, 5.74) is 2.65. The molecule has 3 aromatic rings. The Bertz CT molecular complexity index is 642. The van der Waals surface area contributed by atoms with Gasteiger partial charge in [-0.05, 0) is 0 Å². The molecule has 7 heteroatoms. The van der Waals surface area contributed by atoms with E-state index < -0.39 is 10.2 Å². The van der Waals surface area contributed by atoms with Gasteiger partial charge >= 0.3 is 98.2 Å². The SMILES string of the molecule is [O-][Cl+3]([O-])([O-])[O-].c1ccc(-c2[nH+]c3ccccc3[te]2)cc1. The van der Waals surface area contributed by atoms with Crippen molar-refractivity contribution >= 4 is 29.3 Å². The Balaban J connectivity index is 0.000000257. The van der Waals surface area contributed by atoms with E-state index in [0.29, 0.717) is 0 Å². The van der Waals surface area contributed by atoms with Crippen molar-refractivity contribution in [3.63, 3.8) is 0 Å². The third-order valence-corrected chi connectivity index (χ3v) is 5.57. The van der Waals surface area contributed by atoms with Crippen LogP contribution in [0.25, 0.3) is 18.2 Å². The van der Waals surface area contributed by atoms with Gasteiger partial charge in [0.2, 0.25) is 0 Å². The normalized spacial score (nSPS) is 11.0. The van der Waals surface area contributed by atoms with Crippen molar-refractivity contribution < 1.29 is 33.9 Å². The summed E-state index contributed by atoms with van der Waals surface area (Å²) < 4.78 is 36.9. The quantitative estimate of drug-likeness (QED) is 0.420. The second-order valence-electron chi connectivity index (χ2n) is 3.80. The summed E-state index contributed by atoms with van der Waals surface area (Å²) in [4.78, 5) is 3.53. The van der Waals surface area contributed by atoms with Crippen LogP contribution in [0.5, 0.6) is 0 Å². The van der Waals surface area contributed by atoms with E-state index in [9.17, 15) is 0 Å². The first-order chi connectivity index (χ1) is 9.43. The van der Waals surface area contributed by atoms with E-state index in [1.807, 2.05) is 0 Å². The van der Waals surface area contributed by atoms with Crippen molar-refractivity contribution in [2.45, 2.75) is 0 Å². The average molecular weight is 407 g/mol. The predicted octanol–water partition coefficient (Wildman–Crippen LogP) is -2.38. The molecule has 104 valence electrons. The van der Waals surface area contributed by atoms with Gasteiger partial charge in [0.15, 0.2) is 0 Å². The van der Waals surface area contributed by atoms with Gasteiger partial charge in [0.05, 0.1) is 0 Å². The molecule has 20 heavy (non-hydrogen) atoms. The topological polar surface area (TPSA) is 106 Å². The molecule has 0 unspecified atom stereocenters. The van der Waals surface area contributed by atoms with E-state index in [0.717, 1.165) is 0 Å². The first kappa shape index (κ1) is 15.4. The molecule has 0 fully saturated rings. The molecule has 0 saturated heterocycles. The van der Waals surface area contributed by atoms with Crippen molar-refractivity contribution in [1.82, 2.24) is 0 Å². The van der Waals surface area contributed by atoms with Gasteiger partial charge < -0.3 is 0 Å². The summed E-state index contributed by atoms with van der Waals surface area (Å²) in [7, 11) is -4.94. The van der Waals surface area contributed by atoms with Crippen LogP contribution in [0.3, 0.4) is 0 Å². The molecular weight excluding hydrogens is 397 g/mol. The third-order valence-electron chi connectivity index (χ3n) is 2.38. The third kappa shape index (κ3) is 4.85. The van der Waals surface area contributed by atoms with Crippen molar-refractivity contribution in [3.05, 3.63) is 54.6 Å². The Morgan fingerprint density at radius 3 is 1.95 bits per heavy atom. The molecular formula is C13H10ClNO4Te. The van der Waals surface area contributed by atoms with Crippen molar-refractivity contribution in [1.29, 1.82) is 0 Å². The minimum atomic E-state index is -4.94. The van der Waals surface area contributed by atoms with Crippen LogP contribution in [0.2, 0.25) is 0 Å². The number of benzene rings is 2. The molecule has 1 aromatic heterocycles. The molecule has 2 aromatic carbocycles. The van der Waals surface area contributed by atoms with Gasteiger partial charge in [0, 0.05) is 0 Å². The van der Waals surface area contributed by atoms with E-state index in [-0.39, 0.29) is 20.4 Å². The molecule has 0 aliphatic heterocycles. The van der Waals surface area contributed by atoms with E-state index >= 15 is 0 Å². The van der Waals surface area contributed by atoms with Gasteiger partial charge in [-0.3, -0.25) is 0 Å². The van der Waals surface area contributed by atoms with E-state index in [1.54, 1.807) is 0 Å². The number of hydrogen-bond donors (Lipinski definition) is 0. The molecule has 0 radical (unpaired) electrons. The molecule has 5 nitrogen and oxygen atoms in total. The first-order valence-electron chi connectivity index (χ1n) is 5.51. The number of rotatable bonds is 1. The van der Waals surface area contributed by atoms with Gasteiger partial charge in [-0.25, -0.2) is 18.6 Å². The summed E-state index contributed by atoms with van der Waals surface area (Å²) in [6.07, 6.45) is 0. The van der Waals surface area contributed by atoms with Crippen LogP contribution in [0, 0.1) is 10.2 Å². The maximum absolute atomic E-state index is 8.49. The fourth-order valence-corrected chi connectivity index (χ4v) is 4.52. The summed E-state index contributed by atoms with van der Waals surface area (Å²) in [5.74, 6) is 0. The fraction of sp³-hybridized carbons (Fsp3) is 0.